The van der Waals surface area contributed by atoms with Crippen molar-refractivity contribution in [2.75, 3.05) is 39.6 Å². The zero-order chi connectivity index (χ0) is 76.4. The van der Waals surface area contributed by atoms with Crippen LogP contribution in [0, 0.1) is 11.8 Å². The van der Waals surface area contributed by atoms with Crippen molar-refractivity contribution in [2.24, 2.45) is 11.8 Å². The fourth-order valence-electron chi connectivity index (χ4n) is 13.2. The number of carbonyl (C=O) groups is 4. The standard InChI is InChI=1S/C85H166O17P2/c1-7-9-11-13-15-17-19-20-21-22-23-24-27-34-39-45-51-57-63-69-84(89)102-81(74-96-83(88)68-62-56-50-44-38-33-28-25-26-31-36-41-47-53-59-65-77(3)4)76-100-104(93,94)98-72-79(86)71-97-103(91,92)99-75-80(73-95-82(87)67-61-55-49-43-18-16-14-12-10-8-2)101-85(90)70-64-58-52-46-40-35-30-29-32-37-42-48-54-60-66-78(5)6/h77-81,86H,7-76H2,1-6H3,(H,91,92)(H,93,94)/t79-,80+,81+/m0/s1. The van der Waals surface area contributed by atoms with Crippen LogP contribution in [0.4, 0.5) is 0 Å². The van der Waals surface area contributed by atoms with Gasteiger partial charge >= 0.3 is 39.5 Å². The summed E-state index contributed by atoms with van der Waals surface area (Å²) in [6, 6.07) is 0. The van der Waals surface area contributed by atoms with Gasteiger partial charge in [-0.2, -0.15) is 0 Å². The topological polar surface area (TPSA) is 237 Å². The molecule has 0 aliphatic carbocycles. The number of hydrogen-bond donors (Lipinski definition) is 3. The van der Waals surface area contributed by atoms with Gasteiger partial charge in [-0.25, -0.2) is 9.13 Å². The molecule has 0 aliphatic rings. The zero-order valence-electron chi connectivity index (χ0n) is 68.3. The third-order valence-electron chi connectivity index (χ3n) is 20.0. The summed E-state index contributed by atoms with van der Waals surface area (Å²) in [6.07, 6.45) is 68.0. The summed E-state index contributed by atoms with van der Waals surface area (Å²) in [5, 5.41) is 10.7. The highest BCUT2D eigenvalue weighted by atomic mass is 31.2. The molecular weight excluding hydrogens is 1350 g/mol. The first-order valence-corrected chi connectivity index (χ1v) is 47.0. The van der Waals surface area contributed by atoms with Crippen LogP contribution in [0.1, 0.15) is 452 Å². The smallest absolute Gasteiger partial charge is 0.462 e. The lowest BCUT2D eigenvalue weighted by Crippen LogP contribution is -2.30. The number of phosphoric acid groups is 2. The average molecular weight is 1520 g/mol. The van der Waals surface area contributed by atoms with Crippen LogP contribution in [0.5, 0.6) is 0 Å². The highest BCUT2D eigenvalue weighted by molar-refractivity contribution is 7.47. The first-order chi connectivity index (χ1) is 50.4. The molecule has 17 nitrogen and oxygen atoms in total. The molecule has 0 amide bonds. The zero-order valence-corrected chi connectivity index (χ0v) is 70.1. The van der Waals surface area contributed by atoms with Crippen LogP contribution in [-0.4, -0.2) is 96.7 Å². The summed E-state index contributed by atoms with van der Waals surface area (Å²) in [5.74, 6) is -0.501. The third-order valence-corrected chi connectivity index (χ3v) is 21.9. The van der Waals surface area contributed by atoms with Gasteiger partial charge in [0.05, 0.1) is 26.4 Å². The number of hydrogen-bond acceptors (Lipinski definition) is 15. The summed E-state index contributed by atoms with van der Waals surface area (Å²) in [4.78, 5) is 73.2. The van der Waals surface area contributed by atoms with Crippen LogP contribution in [-0.2, 0) is 65.4 Å². The summed E-state index contributed by atoms with van der Waals surface area (Å²) < 4.78 is 68.9. The SMILES string of the molecule is CCCCCCCCCCCCCCCCCCCCCC(=O)O[C@H](COC(=O)CCCCCCCCCCCCCCCCCC(C)C)COP(=O)(O)OC[C@@H](O)COP(=O)(O)OC[C@@H](COC(=O)CCCCCCCCCCCC)OC(=O)CCCCCCCCCCCCCCCCC(C)C. The molecular formula is C85H166O17P2. The minimum absolute atomic E-state index is 0.108. The van der Waals surface area contributed by atoms with Gasteiger partial charge in [-0.15, -0.1) is 0 Å². The average Bonchev–Trinajstić information content (AvgIpc) is 0.969. The van der Waals surface area contributed by atoms with Crippen molar-refractivity contribution in [2.45, 2.75) is 471 Å². The molecule has 0 aromatic carbocycles. The maximum atomic E-state index is 13.1. The van der Waals surface area contributed by atoms with E-state index in [2.05, 4.69) is 41.5 Å². The van der Waals surface area contributed by atoms with E-state index >= 15 is 0 Å². The fourth-order valence-corrected chi connectivity index (χ4v) is 14.8. The van der Waals surface area contributed by atoms with Crippen molar-refractivity contribution in [1.29, 1.82) is 0 Å². The van der Waals surface area contributed by atoms with Crippen LogP contribution in [0.2, 0.25) is 0 Å². The Morgan fingerprint density at radius 3 is 0.654 bits per heavy atom. The maximum absolute atomic E-state index is 13.1. The van der Waals surface area contributed by atoms with Crippen LogP contribution in [0.15, 0.2) is 0 Å². The normalized spacial score (nSPS) is 13.8. The lowest BCUT2D eigenvalue weighted by Gasteiger charge is -2.21. The van der Waals surface area contributed by atoms with Gasteiger partial charge in [0, 0.05) is 25.7 Å². The summed E-state index contributed by atoms with van der Waals surface area (Å²) in [7, 11) is -9.93. The highest BCUT2D eigenvalue weighted by Crippen LogP contribution is 2.45. The van der Waals surface area contributed by atoms with Crippen molar-refractivity contribution in [3.8, 4) is 0 Å². The third kappa shape index (κ3) is 78.2. The van der Waals surface area contributed by atoms with Gasteiger partial charge in [0.15, 0.2) is 12.2 Å². The number of phosphoric ester groups is 2. The van der Waals surface area contributed by atoms with Crippen LogP contribution < -0.4 is 0 Å². The van der Waals surface area contributed by atoms with Crippen molar-refractivity contribution in [1.82, 2.24) is 0 Å². The summed E-state index contributed by atoms with van der Waals surface area (Å²) >= 11 is 0. The molecule has 618 valence electrons. The molecule has 104 heavy (non-hydrogen) atoms. The molecule has 0 aromatic heterocycles. The molecule has 0 spiro atoms. The predicted molar refractivity (Wildman–Crippen MR) is 428 cm³/mol. The Hall–Kier alpha value is -1.94. The maximum Gasteiger partial charge on any atom is 0.472 e. The molecule has 0 rings (SSSR count). The lowest BCUT2D eigenvalue weighted by molar-refractivity contribution is -0.161. The fraction of sp³-hybridized carbons (Fsp3) is 0.953. The molecule has 0 aromatic rings. The van der Waals surface area contributed by atoms with Crippen LogP contribution in [0.25, 0.3) is 0 Å². The van der Waals surface area contributed by atoms with Crippen LogP contribution >= 0.6 is 15.6 Å². The minimum Gasteiger partial charge on any atom is -0.462 e. The Kier molecular flexibility index (Phi) is 75.0. The second kappa shape index (κ2) is 76.4. The van der Waals surface area contributed by atoms with Gasteiger partial charge in [-0.3, -0.25) is 37.3 Å². The largest absolute Gasteiger partial charge is 0.472 e. The monoisotopic (exact) mass is 1520 g/mol. The highest BCUT2D eigenvalue weighted by Gasteiger charge is 2.30. The van der Waals surface area contributed by atoms with E-state index in [0.717, 1.165) is 102 Å². The van der Waals surface area contributed by atoms with E-state index in [1.54, 1.807) is 0 Å². The number of esters is 4. The molecule has 0 saturated heterocycles. The molecule has 0 bridgehead atoms. The molecule has 2 unspecified atom stereocenters. The Morgan fingerprint density at radius 2 is 0.442 bits per heavy atom. The van der Waals surface area contributed by atoms with Gasteiger partial charge < -0.3 is 33.8 Å². The first kappa shape index (κ1) is 102. The van der Waals surface area contributed by atoms with E-state index in [0.29, 0.717) is 25.7 Å². The molecule has 0 radical (unpaired) electrons. The number of rotatable bonds is 84. The van der Waals surface area contributed by atoms with Crippen molar-refractivity contribution in [3.63, 3.8) is 0 Å². The number of carbonyl (C=O) groups excluding carboxylic acids is 4. The van der Waals surface area contributed by atoms with Crippen molar-refractivity contribution in [3.05, 3.63) is 0 Å². The number of ether oxygens (including phenoxy) is 4. The number of aliphatic hydroxyl groups excluding tert-OH is 1. The molecule has 0 aliphatic heterocycles. The Morgan fingerprint density at radius 1 is 0.260 bits per heavy atom. The second-order valence-corrected chi connectivity index (χ2v) is 34.4. The van der Waals surface area contributed by atoms with Gasteiger partial charge in [-0.1, -0.05) is 401 Å². The van der Waals surface area contributed by atoms with E-state index in [1.165, 1.54) is 270 Å². The van der Waals surface area contributed by atoms with Gasteiger partial charge in [0.25, 0.3) is 0 Å². The number of unbranched alkanes of at least 4 members (excludes halogenated alkanes) is 54. The molecule has 0 fully saturated rings. The summed E-state index contributed by atoms with van der Waals surface area (Å²) in [6.45, 7) is 9.71. The second-order valence-electron chi connectivity index (χ2n) is 31.5. The van der Waals surface area contributed by atoms with Crippen molar-refractivity contribution < 1.29 is 80.2 Å². The minimum atomic E-state index is -4.96. The van der Waals surface area contributed by atoms with Gasteiger partial charge in [-0.05, 0) is 37.5 Å². The van der Waals surface area contributed by atoms with E-state index in [-0.39, 0.29) is 25.7 Å². The Labute approximate surface area is 638 Å². The lowest BCUT2D eigenvalue weighted by atomic mass is 10.0. The summed E-state index contributed by atoms with van der Waals surface area (Å²) in [5.41, 5.74) is 0. The quantitative estimate of drug-likeness (QED) is 0.0222. The molecule has 3 N–H and O–H groups in total. The van der Waals surface area contributed by atoms with E-state index in [4.69, 9.17) is 37.0 Å². The van der Waals surface area contributed by atoms with E-state index < -0.39 is 97.5 Å². The Bertz CT molecular complexity index is 1990. The first-order valence-electron chi connectivity index (χ1n) is 44.0. The van der Waals surface area contributed by atoms with Crippen LogP contribution in [0.3, 0.4) is 0 Å². The molecule has 0 heterocycles. The molecule has 19 heteroatoms. The van der Waals surface area contributed by atoms with Gasteiger partial charge in [0.2, 0.25) is 0 Å². The predicted octanol–water partition coefficient (Wildman–Crippen LogP) is 25.8. The van der Waals surface area contributed by atoms with E-state index in [1.807, 2.05) is 0 Å². The molecule has 5 atom stereocenters. The Balaban J connectivity index is 5.23. The molecule has 0 saturated carbocycles. The van der Waals surface area contributed by atoms with Crippen molar-refractivity contribution >= 4 is 39.5 Å². The number of aliphatic hydroxyl groups is 1. The van der Waals surface area contributed by atoms with Gasteiger partial charge in [0.1, 0.15) is 19.3 Å². The van der Waals surface area contributed by atoms with E-state index in [9.17, 15) is 43.2 Å².